The molecule has 1 amide bonds. The lowest BCUT2D eigenvalue weighted by Crippen LogP contribution is -2.26. The molecule has 0 aliphatic rings. The molecule has 1 aromatic heterocycles. The predicted octanol–water partition coefficient (Wildman–Crippen LogP) is 4.39. The zero-order chi connectivity index (χ0) is 24.3. The van der Waals surface area contributed by atoms with Gasteiger partial charge in [0.2, 0.25) is 10.0 Å². The fourth-order valence-electron chi connectivity index (χ4n) is 3.90. The number of hydrogen-bond donors (Lipinski definition) is 2. The number of amides is 1. The number of benzene rings is 3. The zero-order valence-electron chi connectivity index (χ0n) is 18.9. The van der Waals surface area contributed by atoms with E-state index in [1.807, 2.05) is 60.0 Å². The highest BCUT2D eigenvalue weighted by Gasteiger charge is 2.19. The molecular formula is C25H25ClN4O3S. The summed E-state index contributed by atoms with van der Waals surface area (Å²) in [6.45, 7) is 2.80. The highest BCUT2D eigenvalue weighted by Crippen LogP contribution is 2.27. The van der Waals surface area contributed by atoms with Gasteiger partial charge >= 0.3 is 0 Å². The van der Waals surface area contributed by atoms with E-state index in [1.54, 1.807) is 18.2 Å². The Bertz CT molecular complexity index is 1450. The number of carbonyl (C=O) groups excluding carboxylic acids is 1. The molecule has 0 fully saturated rings. The first-order valence-electron chi connectivity index (χ1n) is 10.7. The molecule has 0 aliphatic heterocycles. The summed E-state index contributed by atoms with van der Waals surface area (Å²) in [5.41, 5.74) is 3.92. The molecule has 0 atom stereocenters. The summed E-state index contributed by atoms with van der Waals surface area (Å²) >= 11 is 6.05. The van der Waals surface area contributed by atoms with Gasteiger partial charge in [0.05, 0.1) is 28.5 Å². The van der Waals surface area contributed by atoms with E-state index >= 15 is 0 Å². The number of imidazole rings is 1. The molecule has 2 N–H and O–H groups in total. The second-order valence-electron chi connectivity index (χ2n) is 8.13. The van der Waals surface area contributed by atoms with Gasteiger partial charge in [-0.1, -0.05) is 54.1 Å². The van der Waals surface area contributed by atoms with Crippen LogP contribution in [0.2, 0.25) is 5.02 Å². The maximum atomic E-state index is 13.3. The van der Waals surface area contributed by atoms with E-state index in [1.165, 1.54) is 0 Å². The van der Waals surface area contributed by atoms with Crippen molar-refractivity contribution >= 4 is 44.3 Å². The van der Waals surface area contributed by atoms with Gasteiger partial charge in [0.1, 0.15) is 5.82 Å². The summed E-state index contributed by atoms with van der Waals surface area (Å²) in [4.78, 5) is 17.9. The SMILES string of the molecule is Cc1nc2cc(NS(C)(=O)=O)cc(C(=O)NCCc3cccc(Cl)c3)c2n1Cc1ccccc1. The molecular weight excluding hydrogens is 472 g/mol. The van der Waals surface area contributed by atoms with Crippen molar-refractivity contribution in [3.63, 3.8) is 0 Å². The maximum Gasteiger partial charge on any atom is 0.253 e. The molecule has 0 aliphatic carbocycles. The second-order valence-corrected chi connectivity index (χ2v) is 10.3. The number of aryl methyl sites for hydroxylation is 1. The lowest BCUT2D eigenvalue weighted by Gasteiger charge is -2.13. The average molecular weight is 497 g/mol. The fourth-order valence-corrected chi connectivity index (χ4v) is 4.66. The van der Waals surface area contributed by atoms with E-state index < -0.39 is 10.0 Å². The van der Waals surface area contributed by atoms with Gasteiger partial charge in [-0.05, 0) is 48.7 Å². The van der Waals surface area contributed by atoms with Gasteiger partial charge in [-0.25, -0.2) is 13.4 Å². The lowest BCUT2D eigenvalue weighted by atomic mass is 10.1. The van der Waals surface area contributed by atoms with Crippen molar-refractivity contribution in [3.05, 3.63) is 94.3 Å². The highest BCUT2D eigenvalue weighted by molar-refractivity contribution is 7.92. The third kappa shape index (κ3) is 5.76. The van der Waals surface area contributed by atoms with Crippen LogP contribution in [0.5, 0.6) is 0 Å². The topological polar surface area (TPSA) is 93.1 Å². The van der Waals surface area contributed by atoms with Crippen molar-refractivity contribution in [3.8, 4) is 0 Å². The summed E-state index contributed by atoms with van der Waals surface area (Å²) in [7, 11) is -3.53. The minimum atomic E-state index is -3.53. The number of fused-ring (bicyclic) bond motifs is 1. The van der Waals surface area contributed by atoms with Crippen LogP contribution in [0.25, 0.3) is 11.0 Å². The van der Waals surface area contributed by atoms with Crippen LogP contribution in [-0.4, -0.2) is 36.7 Å². The van der Waals surface area contributed by atoms with Crippen LogP contribution in [0.3, 0.4) is 0 Å². The molecule has 0 saturated carbocycles. The van der Waals surface area contributed by atoms with E-state index in [4.69, 9.17) is 11.6 Å². The normalized spacial score (nSPS) is 11.5. The molecule has 3 aromatic carbocycles. The molecule has 0 radical (unpaired) electrons. The Morgan fingerprint density at radius 2 is 1.76 bits per heavy atom. The lowest BCUT2D eigenvalue weighted by molar-refractivity contribution is 0.0955. The number of halogens is 1. The van der Waals surface area contributed by atoms with E-state index in [0.29, 0.717) is 46.8 Å². The van der Waals surface area contributed by atoms with Crippen molar-refractivity contribution < 1.29 is 13.2 Å². The number of sulfonamides is 1. The first kappa shape index (κ1) is 23.8. The van der Waals surface area contributed by atoms with Crippen molar-refractivity contribution in [1.29, 1.82) is 0 Å². The number of hydrogen-bond acceptors (Lipinski definition) is 4. The van der Waals surface area contributed by atoms with Crippen LogP contribution in [0.1, 0.15) is 27.3 Å². The number of nitrogens with zero attached hydrogens (tertiary/aromatic N) is 2. The predicted molar refractivity (Wildman–Crippen MR) is 136 cm³/mol. The molecule has 34 heavy (non-hydrogen) atoms. The van der Waals surface area contributed by atoms with Gasteiger partial charge < -0.3 is 9.88 Å². The molecule has 0 unspecified atom stereocenters. The first-order chi connectivity index (χ1) is 16.2. The molecule has 4 rings (SSSR count). The molecule has 0 saturated heterocycles. The smallest absolute Gasteiger partial charge is 0.253 e. The van der Waals surface area contributed by atoms with Crippen molar-refractivity contribution in [1.82, 2.24) is 14.9 Å². The molecule has 9 heteroatoms. The van der Waals surface area contributed by atoms with Crippen LogP contribution in [0, 0.1) is 6.92 Å². The quantitative estimate of drug-likeness (QED) is 0.378. The van der Waals surface area contributed by atoms with Gasteiger partial charge in [-0.3, -0.25) is 9.52 Å². The van der Waals surface area contributed by atoms with E-state index in [9.17, 15) is 13.2 Å². The second kappa shape index (κ2) is 9.87. The summed E-state index contributed by atoms with van der Waals surface area (Å²) < 4.78 is 28.1. The van der Waals surface area contributed by atoms with Gasteiger partial charge in [0.15, 0.2) is 0 Å². The number of rotatable bonds is 8. The van der Waals surface area contributed by atoms with Gasteiger partial charge in [0.25, 0.3) is 5.91 Å². The monoisotopic (exact) mass is 496 g/mol. The van der Waals surface area contributed by atoms with E-state index in [0.717, 1.165) is 23.2 Å². The zero-order valence-corrected chi connectivity index (χ0v) is 20.4. The average Bonchev–Trinajstić information content (AvgIpc) is 3.07. The third-order valence-corrected chi connectivity index (χ3v) is 6.19. The Balaban J connectivity index is 1.69. The number of nitrogens with one attached hydrogen (secondary N) is 2. The van der Waals surface area contributed by atoms with Gasteiger partial charge in [0, 0.05) is 18.1 Å². The van der Waals surface area contributed by atoms with Crippen LogP contribution < -0.4 is 10.0 Å². The fraction of sp³-hybridized carbons (Fsp3) is 0.200. The summed E-state index contributed by atoms with van der Waals surface area (Å²) in [5, 5.41) is 3.59. The summed E-state index contributed by atoms with van der Waals surface area (Å²) in [5.74, 6) is 0.418. The third-order valence-electron chi connectivity index (χ3n) is 5.35. The Morgan fingerprint density at radius 3 is 2.47 bits per heavy atom. The Kier molecular flexibility index (Phi) is 6.90. The molecule has 0 spiro atoms. The number of carbonyl (C=O) groups is 1. The Morgan fingerprint density at radius 1 is 1.03 bits per heavy atom. The largest absolute Gasteiger partial charge is 0.352 e. The van der Waals surface area contributed by atoms with Crippen LogP contribution >= 0.6 is 11.6 Å². The van der Waals surface area contributed by atoms with Crippen LogP contribution in [0.15, 0.2) is 66.7 Å². The van der Waals surface area contributed by atoms with Crippen molar-refractivity contribution in [2.75, 3.05) is 17.5 Å². The number of aromatic nitrogens is 2. The minimum absolute atomic E-state index is 0.291. The molecule has 7 nitrogen and oxygen atoms in total. The minimum Gasteiger partial charge on any atom is -0.352 e. The van der Waals surface area contributed by atoms with E-state index in [-0.39, 0.29) is 5.91 Å². The van der Waals surface area contributed by atoms with Gasteiger partial charge in [-0.2, -0.15) is 0 Å². The molecule has 176 valence electrons. The molecule has 0 bridgehead atoms. The first-order valence-corrected chi connectivity index (χ1v) is 13.0. The van der Waals surface area contributed by atoms with E-state index in [2.05, 4.69) is 15.0 Å². The number of anilines is 1. The standard InChI is InChI=1S/C25H25ClN4O3S/c1-17-28-23-15-21(29-34(2,32)33)14-22(24(23)30(17)16-19-7-4-3-5-8-19)25(31)27-12-11-18-9-6-10-20(26)13-18/h3-10,13-15,29H,11-12,16H2,1-2H3,(H,27,31). The molecule has 1 heterocycles. The van der Waals surface area contributed by atoms with Crippen molar-refractivity contribution in [2.45, 2.75) is 19.9 Å². The summed E-state index contributed by atoms with van der Waals surface area (Å²) in [6, 6.07) is 20.6. The molecule has 4 aromatic rings. The Hall–Kier alpha value is -3.36. The highest BCUT2D eigenvalue weighted by atomic mass is 35.5. The van der Waals surface area contributed by atoms with Crippen LogP contribution in [-0.2, 0) is 23.0 Å². The van der Waals surface area contributed by atoms with Gasteiger partial charge in [-0.15, -0.1) is 0 Å². The maximum absolute atomic E-state index is 13.3. The summed E-state index contributed by atoms with van der Waals surface area (Å²) in [6.07, 6.45) is 1.68. The Labute approximate surface area is 203 Å². The van der Waals surface area contributed by atoms with Crippen molar-refractivity contribution in [2.24, 2.45) is 0 Å². The van der Waals surface area contributed by atoms with Crippen LogP contribution in [0.4, 0.5) is 5.69 Å².